The van der Waals surface area contributed by atoms with Crippen LogP contribution in [0.15, 0.2) is 73.2 Å². The minimum absolute atomic E-state index is 0.166. The van der Waals surface area contributed by atoms with E-state index >= 15 is 0 Å². The van der Waals surface area contributed by atoms with Crippen molar-refractivity contribution in [3.63, 3.8) is 0 Å². The Bertz CT molecular complexity index is 1050. The molecule has 0 unspecified atom stereocenters. The highest BCUT2D eigenvalue weighted by Gasteiger charge is 2.15. The zero-order valence-corrected chi connectivity index (χ0v) is 16.6. The molecule has 0 radical (unpaired) electrons. The van der Waals surface area contributed by atoms with E-state index in [1.54, 1.807) is 6.20 Å². The number of para-hydroxylation sites is 1. The molecule has 0 aliphatic rings. The van der Waals surface area contributed by atoms with Crippen molar-refractivity contribution in [2.45, 2.75) is 26.4 Å². The lowest BCUT2D eigenvalue weighted by molar-refractivity contribution is 0.560. The summed E-state index contributed by atoms with van der Waals surface area (Å²) >= 11 is 5.95. The van der Waals surface area contributed by atoms with Gasteiger partial charge in [0.2, 0.25) is 0 Å². The number of nitrogens with one attached hydrogen (secondary N) is 1. The third-order valence-electron chi connectivity index (χ3n) is 4.90. The molecule has 1 N–H and O–H groups in total. The van der Waals surface area contributed by atoms with E-state index in [-0.39, 0.29) is 6.04 Å². The van der Waals surface area contributed by atoms with Crippen LogP contribution in [-0.4, -0.2) is 19.3 Å². The molecule has 0 amide bonds. The molecule has 0 saturated heterocycles. The van der Waals surface area contributed by atoms with Crippen molar-refractivity contribution >= 4 is 11.6 Å². The normalized spacial score (nSPS) is 12.2. The number of rotatable bonds is 6. The summed E-state index contributed by atoms with van der Waals surface area (Å²) in [7, 11) is 0. The minimum Gasteiger partial charge on any atom is -0.305 e. The Hall–Kier alpha value is -2.89. The minimum atomic E-state index is 0.166. The van der Waals surface area contributed by atoms with Gasteiger partial charge in [0.1, 0.15) is 5.82 Å². The second kappa shape index (κ2) is 8.00. The molecule has 0 saturated carbocycles. The van der Waals surface area contributed by atoms with Gasteiger partial charge in [0.05, 0.1) is 16.9 Å². The van der Waals surface area contributed by atoms with Crippen molar-refractivity contribution in [1.29, 1.82) is 0 Å². The second-order valence-electron chi connectivity index (χ2n) is 6.74. The molecule has 3 heterocycles. The van der Waals surface area contributed by atoms with E-state index < -0.39 is 0 Å². The fourth-order valence-corrected chi connectivity index (χ4v) is 3.45. The van der Waals surface area contributed by atoms with E-state index in [1.165, 1.54) is 5.56 Å². The molecule has 0 spiro atoms. The van der Waals surface area contributed by atoms with Crippen LogP contribution in [0, 0.1) is 6.92 Å². The molecular weight excluding hydrogens is 370 g/mol. The van der Waals surface area contributed by atoms with Crippen molar-refractivity contribution in [2.75, 3.05) is 0 Å². The first kappa shape index (κ1) is 18.5. The molecule has 3 aromatic heterocycles. The fraction of sp³-hybridized carbons (Fsp3) is 0.182. The summed E-state index contributed by atoms with van der Waals surface area (Å²) in [6.07, 6.45) is 5.62. The first-order valence-electron chi connectivity index (χ1n) is 9.25. The van der Waals surface area contributed by atoms with Gasteiger partial charge >= 0.3 is 0 Å². The van der Waals surface area contributed by atoms with Gasteiger partial charge < -0.3 is 9.88 Å². The Kier molecular flexibility index (Phi) is 5.28. The van der Waals surface area contributed by atoms with Crippen LogP contribution >= 0.6 is 11.6 Å². The Labute approximate surface area is 169 Å². The van der Waals surface area contributed by atoms with Crippen LogP contribution in [0.2, 0.25) is 5.02 Å². The number of hydrogen-bond acceptors (Lipinski definition) is 3. The highest BCUT2D eigenvalue weighted by atomic mass is 35.5. The van der Waals surface area contributed by atoms with E-state index in [9.17, 15) is 0 Å². The predicted octanol–water partition coefficient (Wildman–Crippen LogP) is 4.87. The molecular formula is C22H22ClN5. The van der Waals surface area contributed by atoms with E-state index in [0.717, 1.165) is 22.9 Å². The standard InChI is InChI=1S/C22H22ClN5/c1-16(21-15-26-28(17(21)2)19-7-4-3-5-8-19)24-14-20-9-6-12-27(20)22-11-10-18(23)13-25-22/h3-13,15-16,24H,14H2,1-2H3/t16-/m0/s1. The summed E-state index contributed by atoms with van der Waals surface area (Å²) < 4.78 is 4.05. The molecule has 1 aromatic carbocycles. The van der Waals surface area contributed by atoms with Gasteiger partial charge in [-0.3, -0.25) is 0 Å². The molecule has 0 aliphatic carbocycles. The number of pyridine rings is 1. The summed E-state index contributed by atoms with van der Waals surface area (Å²) in [5.74, 6) is 0.854. The second-order valence-corrected chi connectivity index (χ2v) is 7.18. The maximum absolute atomic E-state index is 5.95. The van der Waals surface area contributed by atoms with Gasteiger partial charge in [-0.2, -0.15) is 5.10 Å². The van der Waals surface area contributed by atoms with Crippen molar-refractivity contribution < 1.29 is 0 Å². The van der Waals surface area contributed by atoms with Gasteiger partial charge in [0.15, 0.2) is 0 Å². The summed E-state index contributed by atoms with van der Waals surface area (Å²) in [6, 6.07) is 18.2. The largest absolute Gasteiger partial charge is 0.305 e. The van der Waals surface area contributed by atoms with Crippen molar-refractivity contribution in [1.82, 2.24) is 24.6 Å². The number of halogens is 1. The molecule has 4 rings (SSSR count). The SMILES string of the molecule is Cc1c([C@H](C)NCc2cccn2-c2ccc(Cl)cn2)cnn1-c1ccccc1. The Balaban J connectivity index is 1.49. The zero-order valence-electron chi connectivity index (χ0n) is 15.9. The zero-order chi connectivity index (χ0) is 19.5. The highest BCUT2D eigenvalue weighted by molar-refractivity contribution is 6.30. The molecule has 28 heavy (non-hydrogen) atoms. The van der Waals surface area contributed by atoms with Crippen LogP contribution < -0.4 is 5.32 Å². The van der Waals surface area contributed by atoms with Gasteiger partial charge in [-0.05, 0) is 50.2 Å². The van der Waals surface area contributed by atoms with Gasteiger partial charge in [-0.1, -0.05) is 29.8 Å². The number of nitrogens with zero attached hydrogens (tertiary/aromatic N) is 4. The molecule has 4 aromatic rings. The molecule has 142 valence electrons. The van der Waals surface area contributed by atoms with E-state index in [4.69, 9.17) is 11.6 Å². The van der Waals surface area contributed by atoms with Crippen molar-refractivity contribution in [2.24, 2.45) is 0 Å². The lowest BCUT2D eigenvalue weighted by Gasteiger charge is -2.15. The van der Waals surface area contributed by atoms with E-state index in [2.05, 4.69) is 52.0 Å². The molecule has 1 atom stereocenters. The summed E-state index contributed by atoms with van der Waals surface area (Å²) in [5.41, 5.74) is 4.53. The summed E-state index contributed by atoms with van der Waals surface area (Å²) in [6.45, 7) is 4.98. The average Bonchev–Trinajstić information content (AvgIpc) is 3.34. The van der Waals surface area contributed by atoms with Gasteiger partial charge in [-0.15, -0.1) is 0 Å². The lowest BCUT2D eigenvalue weighted by Crippen LogP contribution is -2.20. The summed E-state index contributed by atoms with van der Waals surface area (Å²) in [4.78, 5) is 4.41. The first-order chi connectivity index (χ1) is 13.6. The number of hydrogen-bond donors (Lipinski definition) is 1. The van der Waals surface area contributed by atoms with Gasteiger partial charge in [-0.25, -0.2) is 9.67 Å². The maximum Gasteiger partial charge on any atom is 0.136 e. The topological polar surface area (TPSA) is 47.7 Å². The lowest BCUT2D eigenvalue weighted by atomic mass is 10.1. The summed E-state index contributed by atoms with van der Waals surface area (Å²) in [5, 5.41) is 8.81. The first-order valence-corrected chi connectivity index (χ1v) is 9.63. The number of aromatic nitrogens is 4. The monoisotopic (exact) mass is 391 g/mol. The Morgan fingerprint density at radius 2 is 1.86 bits per heavy atom. The number of benzene rings is 1. The quantitative estimate of drug-likeness (QED) is 0.510. The van der Waals surface area contributed by atoms with Gasteiger partial charge in [0.25, 0.3) is 0 Å². The van der Waals surface area contributed by atoms with E-state index in [1.807, 2.05) is 53.5 Å². The van der Waals surface area contributed by atoms with E-state index in [0.29, 0.717) is 11.6 Å². The highest BCUT2D eigenvalue weighted by Crippen LogP contribution is 2.21. The molecule has 6 heteroatoms. The molecule has 0 aliphatic heterocycles. The Morgan fingerprint density at radius 3 is 2.61 bits per heavy atom. The Morgan fingerprint density at radius 1 is 1.04 bits per heavy atom. The smallest absolute Gasteiger partial charge is 0.136 e. The molecule has 5 nitrogen and oxygen atoms in total. The molecule has 0 fully saturated rings. The third kappa shape index (κ3) is 3.72. The fourth-order valence-electron chi connectivity index (χ4n) is 3.34. The van der Waals surface area contributed by atoms with Crippen molar-refractivity contribution in [3.05, 3.63) is 95.2 Å². The molecule has 0 bridgehead atoms. The van der Waals surface area contributed by atoms with Crippen LogP contribution in [-0.2, 0) is 6.54 Å². The van der Waals surface area contributed by atoms with Crippen LogP contribution in [0.25, 0.3) is 11.5 Å². The van der Waals surface area contributed by atoms with Crippen LogP contribution in [0.1, 0.15) is 29.9 Å². The van der Waals surface area contributed by atoms with Crippen LogP contribution in [0.4, 0.5) is 0 Å². The predicted molar refractivity (Wildman–Crippen MR) is 112 cm³/mol. The van der Waals surface area contributed by atoms with Crippen LogP contribution in [0.5, 0.6) is 0 Å². The van der Waals surface area contributed by atoms with Crippen molar-refractivity contribution in [3.8, 4) is 11.5 Å². The van der Waals surface area contributed by atoms with Crippen LogP contribution in [0.3, 0.4) is 0 Å². The maximum atomic E-state index is 5.95. The third-order valence-corrected chi connectivity index (χ3v) is 5.12. The average molecular weight is 392 g/mol. The van der Waals surface area contributed by atoms with Gasteiger partial charge in [0, 0.05) is 41.9 Å².